The predicted molar refractivity (Wildman–Crippen MR) is 85.8 cm³/mol. The predicted octanol–water partition coefficient (Wildman–Crippen LogP) is 4.14. The Morgan fingerprint density at radius 1 is 1.10 bits per heavy atom. The summed E-state index contributed by atoms with van der Waals surface area (Å²) in [6.07, 6.45) is 0. The van der Waals surface area contributed by atoms with E-state index in [-0.39, 0.29) is 21.3 Å². The van der Waals surface area contributed by atoms with E-state index in [4.69, 9.17) is 28.9 Å². The molecule has 106 valence electrons. The first kappa shape index (κ1) is 15.4. The number of nitrogen functional groups attached to an aromatic ring is 1. The van der Waals surface area contributed by atoms with Gasteiger partial charge in [-0.3, -0.25) is 4.72 Å². The van der Waals surface area contributed by atoms with Gasteiger partial charge in [-0.15, -0.1) is 0 Å². The highest BCUT2D eigenvalue weighted by molar-refractivity contribution is 9.10. The van der Waals surface area contributed by atoms with Crippen LogP contribution in [-0.2, 0) is 10.0 Å². The van der Waals surface area contributed by atoms with Crippen LogP contribution in [0.25, 0.3) is 0 Å². The highest BCUT2D eigenvalue weighted by atomic mass is 79.9. The van der Waals surface area contributed by atoms with Crippen molar-refractivity contribution in [2.75, 3.05) is 10.5 Å². The topological polar surface area (TPSA) is 72.2 Å². The van der Waals surface area contributed by atoms with E-state index in [0.717, 1.165) is 0 Å². The highest BCUT2D eigenvalue weighted by Gasteiger charge is 2.19. The summed E-state index contributed by atoms with van der Waals surface area (Å²) in [5.41, 5.74) is 6.19. The smallest absolute Gasteiger partial charge is 0.263 e. The van der Waals surface area contributed by atoms with Crippen LogP contribution in [0.1, 0.15) is 0 Å². The number of hydrogen-bond donors (Lipinski definition) is 2. The highest BCUT2D eigenvalue weighted by Crippen LogP contribution is 2.29. The summed E-state index contributed by atoms with van der Waals surface area (Å²) in [5.74, 6) is 0. The third kappa shape index (κ3) is 3.38. The zero-order valence-corrected chi connectivity index (χ0v) is 13.8. The molecule has 0 fully saturated rings. The number of nitrogens with two attached hydrogens (primary N) is 1. The number of nitrogens with one attached hydrogen (secondary N) is 1. The van der Waals surface area contributed by atoms with Crippen LogP contribution in [0.2, 0.25) is 10.0 Å². The third-order valence-electron chi connectivity index (χ3n) is 2.44. The van der Waals surface area contributed by atoms with Crippen molar-refractivity contribution in [2.45, 2.75) is 4.90 Å². The number of hydrogen-bond acceptors (Lipinski definition) is 3. The standard InChI is InChI=1S/C12H9BrCl2N2O2S/c13-7-1-4-12(9(15)5-7)20(18,19)17-11-3-2-8(14)6-10(11)16/h1-6,17H,16H2. The van der Waals surface area contributed by atoms with Gasteiger partial charge in [0.15, 0.2) is 0 Å². The minimum absolute atomic E-state index is 0.0308. The second-order valence-electron chi connectivity index (χ2n) is 3.91. The summed E-state index contributed by atoms with van der Waals surface area (Å²) in [6.45, 7) is 0. The van der Waals surface area contributed by atoms with Crippen molar-refractivity contribution in [1.29, 1.82) is 0 Å². The first-order chi connectivity index (χ1) is 9.29. The van der Waals surface area contributed by atoms with Crippen LogP contribution >= 0.6 is 39.1 Å². The molecule has 0 aromatic heterocycles. The minimum atomic E-state index is -3.82. The lowest BCUT2D eigenvalue weighted by Crippen LogP contribution is -2.14. The van der Waals surface area contributed by atoms with Gasteiger partial charge in [0, 0.05) is 9.50 Å². The fourth-order valence-electron chi connectivity index (χ4n) is 1.52. The van der Waals surface area contributed by atoms with Crippen LogP contribution in [0.4, 0.5) is 11.4 Å². The van der Waals surface area contributed by atoms with E-state index in [1.165, 1.54) is 24.3 Å². The Morgan fingerprint density at radius 2 is 1.80 bits per heavy atom. The molecule has 2 rings (SSSR count). The number of anilines is 2. The molecule has 20 heavy (non-hydrogen) atoms. The zero-order valence-electron chi connectivity index (χ0n) is 9.90. The average Bonchev–Trinajstić information content (AvgIpc) is 2.32. The molecule has 0 radical (unpaired) electrons. The van der Waals surface area contributed by atoms with Crippen molar-refractivity contribution in [2.24, 2.45) is 0 Å². The maximum absolute atomic E-state index is 12.3. The molecule has 0 amide bonds. The largest absolute Gasteiger partial charge is 0.397 e. The Hall–Kier alpha value is -0.950. The van der Waals surface area contributed by atoms with Gasteiger partial charge in [-0.05, 0) is 36.4 Å². The maximum atomic E-state index is 12.3. The molecule has 3 N–H and O–H groups in total. The van der Waals surface area contributed by atoms with E-state index in [2.05, 4.69) is 20.7 Å². The van der Waals surface area contributed by atoms with Gasteiger partial charge in [0.25, 0.3) is 10.0 Å². The summed E-state index contributed by atoms with van der Waals surface area (Å²) < 4.78 is 27.6. The van der Waals surface area contributed by atoms with Crippen LogP contribution in [0.15, 0.2) is 45.8 Å². The molecule has 0 aliphatic carbocycles. The molecular formula is C12H9BrCl2N2O2S. The number of rotatable bonds is 3. The molecule has 0 heterocycles. The van der Waals surface area contributed by atoms with Crippen LogP contribution in [0.5, 0.6) is 0 Å². The molecule has 0 saturated heterocycles. The molecule has 2 aromatic carbocycles. The molecule has 0 unspecified atom stereocenters. The summed E-state index contributed by atoms with van der Waals surface area (Å²) in [7, 11) is -3.82. The molecule has 0 spiro atoms. The SMILES string of the molecule is Nc1cc(Cl)ccc1NS(=O)(=O)c1ccc(Br)cc1Cl. The van der Waals surface area contributed by atoms with E-state index in [1.807, 2.05) is 0 Å². The lowest BCUT2D eigenvalue weighted by Gasteiger charge is -2.11. The second kappa shape index (κ2) is 5.81. The van der Waals surface area contributed by atoms with Gasteiger partial charge in [0.05, 0.1) is 16.4 Å². The monoisotopic (exact) mass is 394 g/mol. The molecule has 0 bridgehead atoms. The second-order valence-corrected chi connectivity index (χ2v) is 7.32. The van der Waals surface area contributed by atoms with Crippen LogP contribution in [0, 0.1) is 0 Å². The Bertz CT molecular complexity index is 766. The lowest BCUT2D eigenvalue weighted by molar-refractivity contribution is 0.601. The number of halogens is 3. The molecule has 0 saturated carbocycles. The van der Waals surface area contributed by atoms with Crippen molar-refractivity contribution in [3.8, 4) is 0 Å². The molecular weight excluding hydrogens is 387 g/mol. The fourth-order valence-corrected chi connectivity index (χ4v) is 3.83. The molecule has 0 aliphatic heterocycles. The van der Waals surface area contributed by atoms with E-state index in [1.54, 1.807) is 12.1 Å². The Morgan fingerprint density at radius 3 is 2.40 bits per heavy atom. The Balaban J connectivity index is 2.41. The van der Waals surface area contributed by atoms with Crippen molar-refractivity contribution in [3.63, 3.8) is 0 Å². The lowest BCUT2D eigenvalue weighted by atomic mass is 10.3. The molecule has 0 aliphatic rings. The van der Waals surface area contributed by atoms with Crippen molar-refractivity contribution >= 4 is 60.5 Å². The van der Waals surface area contributed by atoms with E-state index in [9.17, 15) is 8.42 Å². The summed E-state index contributed by atoms with van der Waals surface area (Å²) in [4.78, 5) is -0.0308. The van der Waals surface area contributed by atoms with Crippen molar-refractivity contribution in [3.05, 3.63) is 50.9 Å². The number of sulfonamides is 1. The summed E-state index contributed by atoms with van der Waals surface area (Å²) in [5, 5.41) is 0.534. The van der Waals surface area contributed by atoms with Crippen molar-refractivity contribution in [1.82, 2.24) is 0 Å². The van der Waals surface area contributed by atoms with E-state index >= 15 is 0 Å². The van der Waals surface area contributed by atoms with Gasteiger partial charge < -0.3 is 5.73 Å². The van der Waals surface area contributed by atoms with Gasteiger partial charge in [-0.25, -0.2) is 8.42 Å². The fraction of sp³-hybridized carbons (Fsp3) is 0. The average molecular weight is 396 g/mol. The van der Waals surface area contributed by atoms with Gasteiger partial charge in [0.1, 0.15) is 4.90 Å². The van der Waals surface area contributed by atoms with Gasteiger partial charge in [-0.1, -0.05) is 39.1 Å². The third-order valence-corrected chi connectivity index (χ3v) is 5.02. The quantitative estimate of drug-likeness (QED) is 0.767. The van der Waals surface area contributed by atoms with Gasteiger partial charge in [-0.2, -0.15) is 0 Å². The van der Waals surface area contributed by atoms with Crippen LogP contribution in [-0.4, -0.2) is 8.42 Å². The van der Waals surface area contributed by atoms with E-state index in [0.29, 0.717) is 9.50 Å². The number of benzene rings is 2. The summed E-state index contributed by atoms with van der Waals surface area (Å²) in [6, 6.07) is 8.98. The van der Waals surface area contributed by atoms with Crippen LogP contribution < -0.4 is 10.5 Å². The van der Waals surface area contributed by atoms with Gasteiger partial charge >= 0.3 is 0 Å². The molecule has 2 aromatic rings. The normalized spacial score (nSPS) is 11.3. The zero-order chi connectivity index (χ0) is 14.9. The van der Waals surface area contributed by atoms with Crippen LogP contribution in [0.3, 0.4) is 0 Å². The van der Waals surface area contributed by atoms with Crippen molar-refractivity contribution < 1.29 is 8.42 Å². The molecule has 0 atom stereocenters. The maximum Gasteiger partial charge on any atom is 0.263 e. The minimum Gasteiger partial charge on any atom is -0.397 e. The van der Waals surface area contributed by atoms with E-state index < -0.39 is 10.0 Å². The Labute approximate surface area is 135 Å². The summed E-state index contributed by atoms with van der Waals surface area (Å²) >= 11 is 14.9. The molecule has 4 nitrogen and oxygen atoms in total. The van der Waals surface area contributed by atoms with Gasteiger partial charge in [0.2, 0.25) is 0 Å². The molecule has 8 heteroatoms. The Kier molecular flexibility index (Phi) is 4.49. The first-order valence-electron chi connectivity index (χ1n) is 5.32. The first-order valence-corrected chi connectivity index (χ1v) is 8.36.